The minimum Gasteiger partial charge on any atom is -0.462 e. The number of hydrogen-bond acceptors (Lipinski definition) is 3. The molecule has 0 aliphatic heterocycles. The summed E-state index contributed by atoms with van der Waals surface area (Å²) >= 11 is 0. The van der Waals surface area contributed by atoms with Crippen LogP contribution in [0.4, 0.5) is 0 Å². The molecular formula is C41H79NO2. The zero-order valence-electron chi connectivity index (χ0n) is 30.9. The smallest absolute Gasteiger partial charge is 0.306 e. The van der Waals surface area contributed by atoms with Crippen LogP contribution in [0.1, 0.15) is 195 Å². The second-order valence-corrected chi connectivity index (χ2v) is 13.9. The molecule has 0 aliphatic carbocycles. The fraction of sp³-hybridized carbons (Fsp3) is 0.878. The van der Waals surface area contributed by atoms with Crippen molar-refractivity contribution in [3.05, 3.63) is 24.3 Å². The van der Waals surface area contributed by atoms with E-state index in [9.17, 15) is 4.79 Å². The van der Waals surface area contributed by atoms with Crippen LogP contribution >= 0.6 is 0 Å². The molecular weight excluding hydrogens is 538 g/mol. The molecule has 0 rings (SSSR count). The first kappa shape index (κ1) is 42.9. The van der Waals surface area contributed by atoms with Crippen LogP contribution in [0, 0.1) is 11.8 Å². The molecule has 0 saturated carbocycles. The van der Waals surface area contributed by atoms with Crippen molar-refractivity contribution in [1.29, 1.82) is 0 Å². The van der Waals surface area contributed by atoms with Gasteiger partial charge in [-0.1, -0.05) is 129 Å². The summed E-state index contributed by atoms with van der Waals surface area (Å²) in [6, 6.07) is 0. The van der Waals surface area contributed by atoms with Gasteiger partial charge < -0.3 is 9.64 Å². The van der Waals surface area contributed by atoms with Gasteiger partial charge in [-0.05, 0) is 116 Å². The quantitative estimate of drug-likeness (QED) is 0.0417. The van der Waals surface area contributed by atoms with Crippen LogP contribution in [0.2, 0.25) is 0 Å². The fourth-order valence-corrected chi connectivity index (χ4v) is 6.33. The summed E-state index contributed by atoms with van der Waals surface area (Å²) < 4.78 is 6.51. The SMILES string of the molecule is CCCCC/C=C\CCCC(CCC/C=C\CCCCC)C(CC(CCCC)CCCCCC)OC(=O)CCCCN(C)C. The number of ether oxygens (including phenoxy) is 1. The Morgan fingerprint density at radius 1 is 0.568 bits per heavy atom. The molecule has 0 fully saturated rings. The summed E-state index contributed by atoms with van der Waals surface area (Å²) in [6.07, 6.45) is 41.1. The summed E-state index contributed by atoms with van der Waals surface area (Å²) in [5, 5.41) is 0. The molecule has 44 heavy (non-hydrogen) atoms. The molecule has 0 amide bonds. The van der Waals surface area contributed by atoms with Crippen LogP contribution < -0.4 is 0 Å². The zero-order chi connectivity index (χ0) is 32.5. The number of esters is 1. The van der Waals surface area contributed by atoms with E-state index in [1.165, 1.54) is 128 Å². The van der Waals surface area contributed by atoms with Crippen LogP contribution in [-0.2, 0) is 9.53 Å². The lowest BCUT2D eigenvalue weighted by Crippen LogP contribution is -2.30. The van der Waals surface area contributed by atoms with Gasteiger partial charge in [-0.15, -0.1) is 0 Å². The van der Waals surface area contributed by atoms with Gasteiger partial charge in [0, 0.05) is 6.42 Å². The predicted octanol–water partition coefficient (Wildman–Crippen LogP) is 13.0. The second kappa shape index (κ2) is 33.3. The molecule has 3 heteroatoms. The van der Waals surface area contributed by atoms with Crippen LogP contribution in [0.25, 0.3) is 0 Å². The lowest BCUT2D eigenvalue weighted by atomic mass is 9.82. The van der Waals surface area contributed by atoms with E-state index in [1.807, 2.05) is 0 Å². The number of nitrogens with zero attached hydrogens (tertiary/aromatic N) is 1. The Kier molecular flexibility index (Phi) is 32.5. The lowest BCUT2D eigenvalue weighted by molar-refractivity contribution is -0.153. The van der Waals surface area contributed by atoms with E-state index in [4.69, 9.17) is 4.74 Å². The third-order valence-corrected chi connectivity index (χ3v) is 9.22. The summed E-state index contributed by atoms with van der Waals surface area (Å²) in [5.41, 5.74) is 0. The number of hydrogen-bond donors (Lipinski definition) is 0. The molecule has 0 bridgehead atoms. The van der Waals surface area contributed by atoms with Crippen molar-refractivity contribution in [2.45, 2.75) is 201 Å². The number of rotatable bonds is 33. The van der Waals surface area contributed by atoms with E-state index in [2.05, 4.69) is 71.0 Å². The molecule has 0 aromatic rings. The highest BCUT2D eigenvalue weighted by Crippen LogP contribution is 2.31. The maximum Gasteiger partial charge on any atom is 0.306 e. The maximum atomic E-state index is 13.2. The molecule has 0 radical (unpaired) electrons. The standard InChI is InChI=1S/C41H79NO2/c1-7-11-15-18-20-22-24-27-33-39(34-28-25-23-21-19-16-12-8-2)40(44-41(43)35-29-30-36-42(5)6)37-38(31-14-10-4)32-26-17-13-9-3/h20-23,38-40H,7-19,24-37H2,1-6H3/b22-20-,23-21-. The summed E-state index contributed by atoms with van der Waals surface area (Å²) in [5.74, 6) is 1.20. The van der Waals surface area contributed by atoms with Gasteiger partial charge in [0.1, 0.15) is 6.10 Å². The first-order valence-electron chi connectivity index (χ1n) is 19.6. The number of carbonyl (C=O) groups is 1. The van der Waals surface area contributed by atoms with Crippen molar-refractivity contribution in [3.8, 4) is 0 Å². The van der Waals surface area contributed by atoms with Gasteiger partial charge in [-0.3, -0.25) is 4.79 Å². The molecule has 0 N–H and O–H groups in total. The Morgan fingerprint density at radius 2 is 1.07 bits per heavy atom. The molecule has 3 nitrogen and oxygen atoms in total. The van der Waals surface area contributed by atoms with Gasteiger partial charge in [0.25, 0.3) is 0 Å². The molecule has 0 saturated heterocycles. The van der Waals surface area contributed by atoms with Crippen molar-refractivity contribution in [2.75, 3.05) is 20.6 Å². The minimum absolute atomic E-state index is 0.0469. The molecule has 0 heterocycles. The summed E-state index contributed by atoms with van der Waals surface area (Å²) in [6.45, 7) is 10.2. The maximum absolute atomic E-state index is 13.2. The van der Waals surface area contributed by atoms with Gasteiger partial charge in [-0.25, -0.2) is 0 Å². The average molecular weight is 618 g/mol. The van der Waals surface area contributed by atoms with Crippen LogP contribution in [0.15, 0.2) is 24.3 Å². The fourth-order valence-electron chi connectivity index (χ4n) is 6.33. The van der Waals surface area contributed by atoms with Gasteiger partial charge in [0.15, 0.2) is 0 Å². The number of allylic oxidation sites excluding steroid dienone is 4. The first-order valence-corrected chi connectivity index (χ1v) is 19.6. The highest BCUT2D eigenvalue weighted by atomic mass is 16.5. The van der Waals surface area contributed by atoms with E-state index >= 15 is 0 Å². The second-order valence-electron chi connectivity index (χ2n) is 13.9. The Bertz CT molecular complexity index is 629. The summed E-state index contributed by atoms with van der Waals surface area (Å²) in [4.78, 5) is 15.4. The molecule has 2 unspecified atom stereocenters. The van der Waals surface area contributed by atoms with Crippen LogP contribution in [-0.4, -0.2) is 37.6 Å². The van der Waals surface area contributed by atoms with Crippen LogP contribution in [0.3, 0.4) is 0 Å². The van der Waals surface area contributed by atoms with Crippen molar-refractivity contribution in [3.63, 3.8) is 0 Å². The molecule has 0 spiro atoms. The van der Waals surface area contributed by atoms with Crippen molar-refractivity contribution in [2.24, 2.45) is 11.8 Å². The van der Waals surface area contributed by atoms with Gasteiger partial charge in [-0.2, -0.15) is 0 Å². The van der Waals surface area contributed by atoms with Crippen molar-refractivity contribution >= 4 is 5.97 Å². The third-order valence-electron chi connectivity index (χ3n) is 9.22. The third kappa shape index (κ3) is 28.4. The van der Waals surface area contributed by atoms with E-state index in [-0.39, 0.29) is 12.1 Å². The van der Waals surface area contributed by atoms with E-state index in [0.717, 1.165) is 38.6 Å². The van der Waals surface area contributed by atoms with E-state index < -0.39 is 0 Å². The van der Waals surface area contributed by atoms with Gasteiger partial charge in [0.2, 0.25) is 0 Å². The minimum atomic E-state index is 0.0469. The summed E-state index contributed by atoms with van der Waals surface area (Å²) in [7, 11) is 4.22. The normalized spacial score (nSPS) is 13.5. The molecule has 0 aromatic carbocycles. The molecule has 0 aromatic heterocycles. The Labute approximate surface area is 277 Å². The monoisotopic (exact) mass is 618 g/mol. The topological polar surface area (TPSA) is 29.5 Å². The molecule has 0 aliphatic rings. The zero-order valence-corrected chi connectivity index (χ0v) is 30.9. The Balaban J connectivity index is 5.55. The van der Waals surface area contributed by atoms with E-state index in [0.29, 0.717) is 18.3 Å². The van der Waals surface area contributed by atoms with Gasteiger partial charge >= 0.3 is 5.97 Å². The number of unbranched alkanes of at least 4 members (excludes halogenated alkanes) is 13. The van der Waals surface area contributed by atoms with Crippen molar-refractivity contribution < 1.29 is 9.53 Å². The lowest BCUT2D eigenvalue weighted by Gasteiger charge is -2.31. The Morgan fingerprint density at radius 3 is 1.59 bits per heavy atom. The van der Waals surface area contributed by atoms with Gasteiger partial charge in [0.05, 0.1) is 0 Å². The largest absolute Gasteiger partial charge is 0.462 e. The van der Waals surface area contributed by atoms with Crippen molar-refractivity contribution in [1.82, 2.24) is 4.90 Å². The van der Waals surface area contributed by atoms with Crippen LogP contribution in [0.5, 0.6) is 0 Å². The molecule has 260 valence electrons. The van der Waals surface area contributed by atoms with E-state index in [1.54, 1.807) is 0 Å². The predicted molar refractivity (Wildman–Crippen MR) is 196 cm³/mol. The average Bonchev–Trinajstić information content (AvgIpc) is 3.01. The highest BCUT2D eigenvalue weighted by molar-refractivity contribution is 5.69. The highest BCUT2D eigenvalue weighted by Gasteiger charge is 2.27. The molecule has 2 atom stereocenters. The first-order chi connectivity index (χ1) is 21.5. The Hall–Kier alpha value is -1.09. The number of carbonyl (C=O) groups excluding carboxylic acids is 1.